The van der Waals surface area contributed by atoms with Gasteiger partial charge in [-0.05, 0) is 25.5 Å². The molecule has 4 nitrogen and oxygen atoms in total. The van der Waals surface area contributed by atoms with Crippen molar-refractivity contribution in [3.8, 4) is 17.2 Å². The van der Waals surface area contributed by atoms with E-state index in [1.165, 1.54) is 13.0 Å². The van der Waals surface area contributed by atoms with Crippen LogP contribution in [0.3, 0.4) is 0 Å². The average molecular weight is 232 g/mol. The van der Waals surface area contributed by atoms with Crippen LogP contribution < -0.4 is 0 Å². The van der Waals surface area contributed by atoms with E-state index in [0.29, 0.717) is 17.2 Å². The number of hydrogen-bond donors (Lipinski definition) is 3. The fourth-order valence-electron chi connectivity index (χ4n) is 2.01. The molecule has 0 radical (unpaired) electrons. The van der Waals surface area contributed by atoms with Gasteiger partial charge in [-0.15, -0.1) is 0 Å². The van der Waals surface area contributed by atoms with Crippen LogP contribution in [0.15, 0.2) is 12.1 Å². The fraction of sp³-hybridized carbons (Fsp3) is 0.154. The highest BCUT2D eigenvalue weighted by atomic mass is 16.3. The van der Waals surface area contributed by atoms with Crippen LogP contribution in [-0.4, -0.2) is 21.6 Å². The Kier molecular flexibility index (Phi) is 2.42. The van der Waals surface area contributed by atoms with Gasteiger partial charge in [-0.25, -0.2) is 0 Å². The van der Waals surface area contributed by atoms with Gasteiger partial charge in [0.05, 0.1) is 5.39 Å². The summed E-state index contributed by atoms with van der Waals surface area (Å²) in [5.74, 6) is -0.935. The zero-order chi connectivity index (χ0) is 12.7. The highest BCUT2D eigenvalue weighted by molar-refractivity contribution is 6.06. The maximum Gasteiger partial charge on any atom is 0.169 e. The molecule has 0 spiro atoms. The Labute approximate surface area is 97.8 Å². The molecule has 88 valence electrons. The molecule has 2 aromatic carbocycles. The third kappa shape index (κ3) is 1.49. The van der Waals surface area contributed by atoms with Gasteiger partial charge in [0.25, 0.3) is 0 Å². The smallest absolute Gasteiger partial charge is 0.169 e. The van der Waals surface area contributed by atoms with Crippen molar-refractivity contribution in [1.29, 1.82) is 0 Å². The normalized spacial score (nSPS) is 10.7. The number of benzene rings is 2. The summed E-state index contributed by atoms with van der Waals surface area (Å²) in [7, 11) is 0. The maximum atomic E-state index is 11.1. The first kappa shape index (κ1) is 11.3. The molecule has 4 heteroatoms. The minimum Gasteiger partial charge on any atom is -0.507 e. The molecule has 0 bridgehead atoms. The molecule has 0 aliphatic carbocycles. The van der Waals surface area contributed by atoms with Crippen LogP contribution in [-0.2, 0) is 0 Å². The summed E-state index contributed by atoms with van der Waals surface area (Å²) in [5.41, 5.74) is 1.34. The zero-order valence-corrected chi connectivity index (χ0v) is 9.48. The molecule has 0 unspecified atom stereocenters. The lowest BCUT2D eigenvalue weighted by Crippen LogP contribution is -1.92. The Hall–Kier alpha value is -2.23. The standard InChI is InChI=1S/C13H12O4/c1-6-3-8-9(5-14)7(2)12(16)13(17)11(8)10(15)4-6/h3-5,15-17H,1-2H3. The molecule has 0 amide bonds. The molecule has 17 heavy (non-hydrogen) atoms. The number of carbonyl (C=O) groups excluding carboxylic acids is 1. The summed E-state index contributed by atoms with van der Waals surface area (Å²) in [6.07, 6.45) is 0.607. The zero-order valence-electron chi connectivity index (χ0n) is 9.48. The summed E-state index contributed by atoms with van der Waals surface area (Å²) in [4.78, 5) is 11.1. The lowest BCUT2D eigenvalue weighted by Gasteiger charge is -2.12. The summed E-state index contributed by atoms with van der Waals surface area (Å²) in [5, 5.41) is 29.8. The number of rotatable bonds is 1. The first-order valence-electron chi connectivity index (χ1n) is 5.10. The van der Waals surface area contributed by atoms with E-state index in [0.717, 1.165) is 5.56 Å². The summed E-state index contributed by atoms with van der Waals surface area (Å²) in [6.45, 7) is 3.31. The fourth-order valence-corrected chi connectivity index (χ4v) is 2.01. The Bertz CT molecular complexity index is 629. The van der Waals surface area contributed by atoms with Crippen molar-refractivity contribution >= 4 is 17.1 Å². The molecular formula is C13H12O4. The number of phenols is 3. The van der Waals surface area contributed by atoms with E-state index in [2.05, 4.69) is 0 Å². The van der Waals surface area contributed by atoms with Gasteiger partial charge >= 0.3 is 0 Å². The second-order valence-electron chi connectivity index (χ2n) is 4.06. The van der Waals surface area contributed by atoms with E-state index in [1.807, 2.05) is 0 Å². The van der Waals surface area contributed by atoms with Gasteiger partial charge in [-0.1, -0.05) is 6.07 Å². The molecular weight excluding hydrogens is 220 g/mol. The molecule has 2 aromatic rings. The Morgan fingerprint density at radius 1 is 1.06 bits per heavy atom. The van der Waals surface area contributed by atoms with Crippen LogP contribution in [0.1, 0.15) is 21.5 Å². The topological polar surface area (TPSA) is 77.8 Å². The molecule has 0 fully saturated rings. The number of aldehydes is 1. The molecule has 0 atom stereocenters. The summed E-state index contributed by atoms with van der Waals surface area (Å²) >= 11 is 0. The molecule has 0 saturated heterocycles. The molecule has 0 aromatic heterocycles. The first-order valence-corrected chi connectivity index (χ1v) is 5.10. The number of carbonyl (C=O) groups is 1. The highest BCUT2D eigenvalue weighted by Gasteiger charge is 2.18. The molecule has 0 aliphatic heterocycles. The van der Waals surface area contributed by atoms with Gasteiger partial charge in [-0.2, -0.15) is 0 Å². The molecule has 0 aliphatic rings. The van der Waals surface area contributed by atoms with Gasteiger partial charge in [0.1, 0.15) is 5.75 Å². The minimum atomic E-state index is -0.402. The van der Waals surface area contributed by atoms with Crippen molar-refractivity contribution < 1.29 is 20.1 Å². The number of hydrogen-bond acceptors (Lipinski definition) is 4. The molecule has 3 N–H and O–H groups in total. The van der Waals surface area contributed by atoms with E-state index >= 15 is 0 Å². The summed E-state index contributed by atoms with van der Waals surface area (Å²) < 4.78 is 0. The third-order valence-corrected chi connectivity index (χ3v) is 2.89. The first-order chi connectivity index (χ1) is 7.97. The van der Waals surface area contributed by atoms with E-state index in [1.54, 1.807) is 13.0 Å². The van der Waals surface area contributed by atoms with Crippen LogP contribution in [0.2, 0.25) is 0 Å². The van der Waals surface area contributed by atoms with E-state index in [9.17, 15) is 20.1 Å². The van der Waals surface area contributed by atoms with Crippen molar-refractivity contribution in [1.82, 2.24) is 0 Å². The quantitative estimate of drug-likeness (QED) is 0.521. The van der Waals surface area contributed by atoms with Crippen molar-refractivity contribution in [2.45, 2.75) is 13.8 Å². The largest absolute Gasteiger partial charge is 0.507 e. The maximum absolute atomic E-state index is 11.1. The monoisotopic (exact) mass is 232 g/mol. The van der Waals surface area contributed by atoms with Crippen molar-refractivity contribution in [3.63, 3.8) is 0 Å². The van der Waals surface area contributed by atoms with E-state index < -0.39 is 5.75 Å². The second-order valence-corrected chi connectivity index (χ2v) is 4.06. The second kappa shape index (κ2) is 3.66. The Morgan fingerprint density at radius 3 is 2.29 bits per heavy atom. The predicted molar refractivity (Wildman–Crippen MR) is 63.8 cm³/mol. The highest BCUT2D eigenvalue weighted by Crippen LogP contribution is 2.43. The predicted octanol–water partition coefficient (Wildman–Crippen LogP) is 2.39. The van der Waals surface area contributed by atoms with Crippen molar-refractivity contribution in [2.75, 3.05) is 0 Å². The number of aromatic hydroxyl groups is 3. The van der Waals surface area contributed by atoms with Crippen LogP contribution in [0.5, 0.6) is 17.2 Å². The lowest BCUT2D eigenvalue weighted by molar-refractivity contribution is 0.112. The molecule has 0 saturated carbocycles. The molecule has 2 rings (SSSR count). The van der Waals surface area contributed by atoms with Gasteiger partial charge in [0.2, 0.25) is 0 Å². The van der Waals surface area contributed by atoms with Gasteiger partial charge in [0.15, 0.2) is 17.8 Å². The van der Waals surface area contributed by atoms with Gasteiger partial charge in [-0.3, -0.25) is 4.79 Å². The third-order valence-electron chi connectivity index (χ3n) is 2.89. The van der Waals surface area contributed by atoms with Crippen LogP contribution in [0.4, 0.5) is 0 Å². The number of phenolic OH excluding ortho intramolecular Hbond substituents is 3. The Morgan fingerprint density at radius 2 is 1.71 bits per heavy atom. The van der Waals surface area contributed by atoms with Crippen LogP contribution in [0, 0.1) is 13.8 Å². The van der Waals surface area contributed by atoms with Crippen molar-refractivity contribution in [3.05, 3.63) is 28.8 Å². The lowest BCUT2D eigenvalue weighted by atomic mass is 9.96. The average Bonchev–Trinajstić information content (AvgIpc) is 2.26. The van der Waals surface area contributed by atoms with E-state index in [4.69, 9.17) is 0 Å². The molecule has 0 heterocycles. The SMILES string of the molecule is Cc1cc(O)c2c(O)c(O)c(C)c(C=O)c2c1. The van der Waals surface area contributed by atoms with Gasteiger partial charge < -0.3 is 15.3 Å². The summed E-state index contributed by atoms with van der Waals surface area (Å²) in [6, 6.07) is 3.15. The number of fused-ring (bicyclic) bond motifs is 1. The van der Waals surface area contributed by atoms with Gasteiger partial charge in [0, 0.05) is 16.5 Å². The van der Waals surface area contributed by atoms with Crippen LogP contribution in [0.25, 0.3) is 10.8 Å². The van der Waals surface area contributed by atoms with E-state index in [-0.39, 0.29) is 22.4 Å². The van der Waals surface area contributed by atoms with Crippen LogP contribution >= 0.6 is 0 Å². The number of aryl methyl sites for hydroxylation is 1. The minimum absolute atomic E-state index is 0.0980. The van der Waals surface area contributed by atoms with Crippen molar-refractivity contribution in [2.24, 2.45) is 0 Å². The Balaban J connectivity index is 3.11.